The molecule has 0 fully saturated rings. The van der Waals surface area contributed by atoms with Gasteiger partial charge in [-0.15, -0.1) is 5.11 Å². The summed E-state index contributed by atoms with van der Waals surface area (Å²) in [6.45, 7) is 0.313. The lowest BCUT2D eigenvalue weighted by Crippen LogP contribution is -2.06. The van der Waals surface area contributed by atoms with Crippen molar-refractivity contribution in [3.05, 3.63) is 71.4 Å². The van der Waals surface area contributed by atoms with Crippen LogP contribution in [0.25, 0.3) is 10.9 Å². The van der Waals surface area contributed by atoms with Crippen molar-refractivity contribution in [3.63, 3.8) is 0 Å². The van der Waals surface area contributed by atoms with Gasteiger partial charge in [0.15, 0.2) is 5.84 Å². The molecule has 1 heterocycles. The molecule has 0 aliphatic heterocycles. The Hall–Kier alpha value is -2.96. The molecule has 0 radical (unpaired) electrons. The fourth-order valence-electron chi connectivity index (χ4n) is 2.59. The zero-order valence-electron chi connectivity index (χ0n) is 12.4. The molecule has 1 aromatic heterocycles. The summed E-state index contributed by atoms with van der Waals surface area (Å²) < 4.78 is 40.2. The van der Waals surface area contributed by atoms with Crippen molar-refractivity contribution in [3.8, 4) is 0 Å². The van der Waals surface area contributed by atoms with Crippen molar-refractivity contribution in [1.29, 1.82) is 10.9 Å². The van der Waals surface area contributed by atoms with E-state index in [-0.39, 0.29) is 5.84 Å². The predicted octanol–water partition coefficient (Wildman–Crippen LogP) is 5.06. The maximum absolute atomic E-state index is 12.8. The number of alkyl halides is 3. The average molecular weight is 330 g/mol. The van der Waals surface area contributed by atoms with Crippen LogP contribution in [0.3, 0.4) is 0 Å². The van der Waals surface area contributed by atoms with Crippen LogP contribution in [0.5, 0.6) is 0 Å². The molecule has 0 saturated heterocycles. The van der Waals surface area contributed by atoms with Gasteiger partial charge in [0.05, 0.1) is 5.56 Å². The first-order valence-corrected chi connectivity index (χ1v) is 7.10. The van der Waals surface area contributed by atoms with Gasteiger partial charge in [0.25, 0.3) is 0 Å². The van der Waals surface area contributed by atoms with Crippen LogP contribution in [0, 0.1) is 10.9 Å². The fraction of sp³-hybridized carbons (Fsp3) is 0.118. The number of fused-ring (bicyclic) bond motifs is 1. The number of rotatable bonds is 3. The van der Waals surface area contributed by atoms with Crippen LogP contribution in [0.15, 0.2) is 59.8 Å². The summed E-state index contributed by atoms with van der Waals surface area (Å²) in [6, 6.07) is 12.3. The Morgan fingerprint density at radius 1 is 1.08 bits per heavy atom. The van der Waals surface area contributed by atoms with E-state index in [9.17, 15) is 13.2 Å². The lowest BCUT2D eigenvalue weighted by atomic mass is 10.1. The molecule has 24 heavy (non-hydrogen) atoms. The van der Waals surface area contributed by atoms with Crippen LogP contribution in [-0.2, 0) is 12.7 Å². The van der Waals surface area contributed by atoms with Crippen molar-refractivity contribution in [2.45, 2.75) is 12.7 Å². The van der Waals surface area contributed by atoms with Gasteiger partial charge in [-0.2, -0.15) is 13.2 Å². The lowest BCUT2D eigenvalue weighted by molar-refractivity contribution is -0.137. The number of aromatic nitrogens is 1. The highest BCUT2D eigenvalue weighted by atomic mass is 19.4. The largest absolute Gasteiger partial charge is 0.416 e. The first-order chi connectivity index (χ1) is 11.4. The second kappa shape index (κ2) is 5.92. The van der Waals surface area contributed by atoms with Gasteiger partial charge in [-0.3, -0.25) is 5.41 Å². The van der Waals surface area contributed by atoms with Gasteiger partial charge < -0.3 is 4.57 Å². The monoisotopic (exact) mass is 330 g/mol. The molecule has 3 rings (SSSR count). The van der Waals surface area contributed by atoms with E-state index >= 15 is 0 Å². The Labute approximate surface area is 135 Å². The number of hydrogen-bond donors (Lipinski definition) is 2. The summed E-state index contributed by atoms with van der Waals surface area (Å²) in [5, 5.41) is 11.5. The van der Waals surface area contributed by atoms with Crippen molar-refractivity contribution >= 4 is 16.7 Å². The molecule has 0 atom stereocenters. The molecule has 0 amide bonds. The van der Waals surface area contributed by atoms with E-state index < -0.39 is 11.7 Å². The van der Waals surface area contributed by atoms with E-state index in [0.29, 0.717) is 17.7 Å². The molecule has 4 nitrogen and oxygen atoms in total. The highest BCUT2D eigenvalue weighted by molar-refractivity contribution is 5.99. The van der Waals surface area contributed by atoms with Crippen LogP contribution < -0.4 is 0 Å². The van der Waals surface area contributed by atoms with E-state index in [2.05, 4.69) is 5.11 Å². The Balaban J connectivity index is 1.94. The number of amidine groups is 1. The molecule has 0 spiro atoms. The van der Waals surface area contributed by atoms with Gasteiger partial charge in [0.1, 0.15) is 0 Å². The second-order valence-corrected chi connectivity index (χ2v) is 5.38. The Morgan fingerprint density at radius 2 is 1.88 bits per heavy atom. The molecular weight excluding hydrogens is 317 g/mol. The van der Waals surface area contributed by atoms with Crippen molar-refractivity contribution in [1.82, 2.24) is 4.57 Å². The zero-order valence-corrected chi connectivity index (χ0v) is 12.4. The molecular formula is C17H13F3N4. The second-order valence-electron chi connectivity index (χ2n) is 5.38. The topological polar surface area (TPSA) is 65.0 Å². The van der Waals surface area contributed by atoms with Gasteiger partial charge in [0, 0.05) is 29.2 Å². The first-order valence-electron chi connectivity index (χ1n) is 7.10. The summed E-state index contributed by atoms with van der Waals surface area (Å²) in [4.78, 5) is 0. The van der Waals surface area contributed by atoms with Gasteiger partial charge in [-0.05, 0) is 42.0 Å². The Kier molecular flexibility index (Phi) is 3.92. The van der Waals surface area contributed by atoms with E-state index in [1.165, 1.54) is 6.07 Å². The van der Waals surface area contributed by atoms with Crippen LogP contribution in [0.1, 0.15) is 16.7 Å². The van der Waals surface area contributed by atoms with Crippen LogP contribution >= 0.6 is 0 Å². The van der Waals surface area contributed by atoms with Gasteiger partial charge in [-0.1, -0.05) is 12.1 Å². The van der Waals surface area contributed by atoms with Gasteiger partial charge in [0.2, 0.25) is 0 Å². The van der Waals surface area contributed by atoms with Crippen molar-refractivity contribution < 1.29 is 13.2 Å². The SMILES string of the molecule is N=NC(=N)c1ccc2c(ccn2Cc2cccc(C(F)(F)F)c2)c1. The number of nitrogens with one attached hydrogen (secondary N) is 2. The van der Waals surface area contributed by atoms with Crippen LogP contribution in [0.2, 0.25) is 0 Å². The molecule has 0 unspecified atom stereocenters. The molecule has 2 N–H and O–H groups in total. The molecule has 122 valence electrons. The van der Waals surface area contributed by atoms with Crippen molar-refractivity contribution in [2.24, 2.45) is 5.11 Å². The minimum Gasteiger partial charge on any atom is -0.343 e. The standard InChI is InChI=1S/C17H13F3N4/c18-17(19,20)14-3-1-2-11(8-14)10-24-7-6-12-9-13(16(21)23-22)4-5-15(12)24/h1-9,21-22H,10H2. The number of halogens is 3. The maximum Gasteiger partial charge on any atom is 0.416 e. The summed E-state index contributed by atoms with van der Waals surface area (Å²) in [5.74, 6) is -0.137. The van der Waals surface area contributed by atoms with E-state index in [1.54, 1.807) is 30.5 Å². The summed E-state index contributed by atoms with van der Waals surface area (Å²) in [7, 11) is 0. The summed E-state index contributed by atoms with van der Waals surface area (Å²) in [6.07, 6.45) is -2.57. The zero-order chi connectivity index (χ0) is 17.3. The van der Waals surface area contributed by atoms with Crippen LogP contribution in [0.4, 0.5) is 13.2 Å². The normalized spacial score (nSPS) is 11.6. The minimum atomic E-state index is -4.36. The third kappa shape index (κ3) is 3.05. The van der Waals surface area contributed by atoms with Gasteiger partial charge >= 0.3 is 6.18 Å². The molecule has 0 bridgehead atoms. The van der Waals surface area contributed by atoms with E-state index in [0.717, 1.165) is 23.0 Å². The van der Waals surface area contributed by atoms with Gasteiger partial charge in [-0.25, -0.2) is 5.53 Å². The smallest absolute Gasteiger partial charge is 0.343 e. The highest BCUT2D eigenvalue weighted by Gasteiger charge is 2.30. The quantitative estimate of drug-likeness (QED) is 0.383. The molecule has 2 aromatic carbocycles. The Morgan fingerprint density at radius 3 is 2.58 bits per heavy atom. The molecule has 0 saturated carbocycles. The lowest BCUT2D eigenvalue weighted by Gasteiger charge is -2.10. The molecule has 0 aliphatic rings. The highest BCUT2D eigenvalue weighted by Crippen LogP contribution is 2.30. The summed E-state index contributed by atoms with van der Waals surface area (Å²) in [5.41, 5.74) is 8.14. The average Bonchev–Trinajstić information content (AvgIpc) is 2.96. The fourth-order valence-corrected chi connectivity index (χ4v) is 2.59. The number of nitrogens with zero attached hydrogens (tertiary/aromatic N) is 2. The molecule has 7 heteroatoms. The molecule has 0 aliphatic carbocycles. The van der Waals surface area contributed by atoms with E-state index in [4.69, 9.17) is 10.9 Å². The minimum absolute atomic E-state index is 0.137. The third-order valence-electron chi connectivity index (χ3n) is 3.76. The van der Waals surface area contributed by atoms with Crippen LogP contribution in [-0.4, -0.2) is 10.4 Å². The number of hydrogen-bond acceptors (Lipinski definition) is 2. The van der Waals surface area contributed by atoms with E-state index in [1.807, 2.05) is 10.6 Å². The predicted molar refractivity (Wildman–Crippen MR) is 84.5 cm³/mol. The van der Waals surface area contributed by atoms with Crippen molar-refractivity contribution in [2.75, 3.05) is 0 Å². The maximum atomic E-state index is 12.8. The molecule has 3 aromatic rings. The number of benzene rings is 2. The Bertz CT molecular complexity index is 925. The first kappa shape index (κ1) is 15.9. The third-order valence-corrected chi connectivity index (χ3v) is 3.76. The summed E-state index contributed by atoms with van der Waals surface area (Å²) >= 11 is 0.